The predicted octanol–water partition coefficient (Wildman–Crippen LogP) is 3.05. The van der Waals surface area contributed by atoms with Crippen molar-refractivity contribution in [1.82, 2.24) is 4.98 Å². The molecule has 0 saturated carbocycles. The lowest BCUT2D eigenvalue weighted by atomic mass is 10.2. The van der Waals surface area contributed by atoms with Gasteiger partial charge in [-0.2, -0.15) is 0 Å². The quantitative estimate of drug-likeness (QED) is 0.940. The van der Waals surface area contributed by atoms with E-state index in [2.05, 4.69) is 4.98 Å². The molecule has 0 aliphatic heterocycles. The lowest BCUT2D eigenvalue weighted by Gasteiger charge is -2.18. The number of ether oxygens (including phenoxy) is 1. The average molecular weight is 292 g/mol. The summed E-state index contributed by atoms with van der Waals surface area (Å²) in [5, 5.41) is 9.34. The van der Waals surface area contributed by atoms with E-state index < -0.39 is 12.1 Å². The molecule has 0 atom stereocenters. The molecular weight excluding hydrogens is 280 g/mol. The zero-order valence-electron chi connectivity index (χ0n) is 10.9. The minimum absolute atomic E-state index is 0.147. The number of anilines is 2. The Morgan fingerprint density at radius 2 is 1.95 bits per heavy atom. The third-order valence-corrected chi connectivity index (χ3v) is 3.43. The second-order valence-corrected chi connectivity index (χ2v) is 5.12. The molecule has 0 aliphatic rings. The molecule has 7 heteroatoms. The van der Waals surface area contributed by atoms with Crippen LogP contribution in [0, 0.1) is 6.92 Å². The normalized spacial score (nSPS) is 10.1. The Labute approximate surface area is 119 Å². The summed E-state index contributed by atoms with van der Waals surface area (Å²) in [6.45, 7) is 1.88. The molecule has 0 spiro atoms. The first kappa shape index (κ1) is 14.0. The maximum absolute atomic E-state index is 11.9. The lowest BCUT2D eigenvalue weighted by Crippen LogP contribution is -2.25. The summed E-state index contributed by atoms with van der Waals surface area (Å²) in [6.07, 6.45) is 1.07. The number of aryl methyl sites for hydroxylation is 1. The number of carboxylic acids is 1. The Balaban J connectivity index is 2.41. The Morgan fingerprint density at radius 1 is 1.30 bits per heavy atom. The van der Waals surface area contributed by atoms with Gasteiger partial charge < -0.3 is 9.84 Å². The Hall–Kier alpha value is -2.41. The molecule has 1 amide bonds. The summed E-state index contributed by atoms with van der Waals surface area (Å²) in [7, 11) is 1.28. The first-order valence-electron chi connectivity index (χ1n) is 5.67. The third kappa shape index (κ3) is 2.77. The highest BCUT2D eigenvalue weighted by Crippen LogP contribution is 2.30. The van der Waals surface area contributed by atoms with Crippen molar-refractivity contribution in [2.45, 2.75) is 6.92 Å². The van der Waals surface area contributed by atoms with Gasteiger partial charge in [0.2, 0.25) is 0 Å². The van der Waals surface area contributed by atoms with Crippen LogP contribution in [0.15, 0.2) is 30.5 Å². The standard InChI is InChI=1S/C13H12N2O4S/c1-8-7-14-12(20-8)15(13(18)19-2)10-5-3-9(4-6-10)11(16)17/h3-7H,1-2H3,(H,16,17). The van der Waals surface area contributed by atoms with E-state index in [1.54, 1.807) is 6.20 Å². The molecule has 2 aromatic rings. The van der Waals surface area contributed by atoms with Crippen LogP contribution in [0.3, 0.4) is 0 Å². The number of hydrogen-bond acceptors (Lipinski definition) is 5. The smallest absolute Gasteiger partial charge is 0.420 e. The first-order chi connectivity index (χ1) is 9.52. The van der Waals surface area contributed by atoms with E-state index in [1.165, 1.54) is 47.6 Å². The third-order valence-electron chi connectivity index (χ3n) is 2.53. The van der Waals surface area contributed by atoms with Crippen LogP contribution in [-0.2, 0) is 4.74 Å². The van der Waals surface area contributed by atoms with Gasteiger partial charge in [0.25, 0.3) is 0 Å². The monoisotopic (exact) mass is 292 g/mol. The number of methoxy groups -OCH3 is 1. The maximum atomic E-state index is 11.9. The molecule has 0 saturated heterocycles. The molecule has 104 valence electrons. The molecule has 0 fully saturated rings. The maximum Gasteiger partial charge on any atom is 0.420 e. The van der Waals surface area contributed by atoms with E-state index in [4.69, 9.17) is 9.84 Å². The number of carboxylic acid groups (broad SMARTS) is 1. The van der Waals surface area contributed by atoms with Crippen molar-refractivity contribution in [3.05, 3.63) is 40.9 Å². The summed E-state index contributed by atoms with van der Waals surface area (Å²) >= 11 is 1.34. The number of hydrogen-bond donors (Lipinski definition) is 1. The SMILES string of the molecule is COC(=O)N(c1ccc(C(=O)O)cc1)c1ncc(C)s1. The van der Waals surface area contributed by atoms with Crippen LogP contribution in [0.2, 0.25) is 0 Å². The second-order valence-electron chi connectivity index (χ2n) is 3.91. The Morgan fingerprint density at radius 3 is 2.40 bits per heavy atom. The predicted molar refractivity (Wildman–Crippen MR) is 74.8 cm³/mol. The van der Waals surface area contributed by atoms with Crippen molar-refractivity contribution < 1.29 is 19.4 Å². The molecule has 0 aliphatic carbocycles. The van der Waals surface area contributed by atoms with E-state index in [-0.39, 0.29) is 5.56 Å². The number of nitrogens with zero attached hydrogens (tertiary/aromatic N) is 2. The van der Waals surface area contributed by atoms with E-state index in [0.717, 1.165) is 4.88 Å². The van der Waals surface area contributed by atoms with Crippen LogP contribution in [0.5, 0.6) is 0 Å². The summed E-state index contributed by atoms with van der Waals surface area (Å²) in [6, 6.07) is 5.93. The summed E-state index contributed by atoms with van der Waals surface area (Å²) in [5.74, 6) is -1.02. The number of rotatable bonds is 3. The highest BCUT2D eigenvalue weighted by Gasteiger charge is 2.21. The van der Waals surface area contributed by atoms with Gasteiger partial charge in [0.15, 0.2) is 5.13 Å². The van der Waals surface area contributed by atoms with Crippen molar-refractivity contribution >= 4 is 34.2 Å². The lowest BCUT2D eigenvalue weighted by molar-refractivity contribution is 0.0697. The minimum atomic E-state index is -1.02. The van der Waals surface area contributed by atoms with Gasteiger partial charge in [0, 0.05) is 11.1 Å². The van der Waals surface area contributed by atoms with E-state index in [9.17, 15) is 9.59 Å². The highest BCUT2D eigenvalue weighted by atomic mass is 32.1. The summed E-state index contributed by atoms with van der Waals surface area (Å²) in [4.78, 5) is 29.1. The summed E-state index contributed by atoms with van der Waals surface area (Å²) < 4.78 is 4.75. The van der Waals surface area contributed by atoms with Gasteiger partial charge >= 0.3 is 12.1 Å². The molecule has 0 unspecified atom stereocenters. The molecule has 1 heterocycles. The van der Waals surface area contributed by atoms with Crippen molar-refractivity contribution in [3.63, 3.8) is 0 Å². The number of thiazole rings is 1. The summed E-state index contributed by atoms with van der Waals surface area (Å²) in [5.41, 5.74) is 0.644. The molecule has 0 bridgehead atoms. The fourth-order valence-corrected chi connectivity index (χ4v) is 2.35. The van der Waals surface area contributed by atoms with Gasteiger partial charge in [-0.15, -0.1) is 11.3 Å². The number of aromatic nitrogens is 1. The molecule has 1 aromatic carbocycles. The number of carbonyl (C=O) groups excluding carboxylic acids is 1. The van der Waals surface area contributed by atoms with Crippen LogP contribution in [-0.4, -0.2) is 29.3 Å². The van der Waals surface area contributed by atoms with E-state index in [0.29, 0.717) is 10.8 Å². The van der Waals surface area contributed by atoms with Gasteiger partial charge in [-0.05, 0) is 31.2 Å². The molecule has 2 rings (SSSR count). The van der Waals surface area contributed by atoms with Crippen LogP contribution in [0.4, 0.5) is 15.6 Å². The largest absolute Gasteiger partial charge is 0.478 e. The topological polar surface area (TPSA) is 79.7 Å². The van der Waals surface area contributed by atoms with E-state index >= 15 is 0 Å². The van der Waals surface area contributed by atoms with Crippen LogP contribution in [0.25, 0.3) is 0 Å². The molecule has 1 aromatic heterocycles. The van der Waals surface area contributed by atoms with Gasteiger partial charge in [-0.25, -0.2) is 19.5 Å². The van der Waals surface area contributed by atoms with Crippen molar-refractivity contribution in [1.29, 1.82) is 0 Å². The van der Waals surface area contributed by atoms with Crippen LogP contribution < -0.4 is 4.90 Å². The Kier molecular flexibility index (Phi) is 3.99. The van der Waals surface area contributed by atoms with Crippen LogP contribution in [0.1, 0.15) is 15.2 Å². The molecular formula is C13H12N2O4S. The van der Waals surface area contributed by atoms with Gasteiger partial charge in [0.05, 0.1) is 18.4 Å². The Bertz CT molecular complexity index is 636. The minimum Gasteiger partial charge on any atom is -0.478 e. The van der Waals surface area contributed by atoms with Crippen LogP contribution >= 0.6 is 11.3 Å². The zero-order chi connectivity index (χ0) is 14.7. The van der Waals surface area contributed by atoms with Gasteiger partial charge in [-0.3, -0.25) is 0 Å². The number of aromatic carboxylic acids is 1. The zero-order valence-corrected chi connectivity index (χ0v) is 11.7. The highest BCUT2D eigenvalue weighted by molar-refractivity contribution is 7.15. The van der Waals surface area contributed by atoms with Gasteiger partial charge in [0.1, 0.15) is 0 Å². The average Bonchev–Trinajstić information content (AvgIpc) is 2.85. The van der Waals surface area contributed by atoms with Crippen molar-refractivity contribution in [2.24, 2.45) is 0 Å². The fraction of sp³-hybridized carbons (Fsp3) is 0.154. The number of amides is 1. The molecule has 6 nitrogen and oxygen atoms in total. The van der Waals surface area contributed by atoms with Crippen molar-refractivity contribution in [2.75, 3.05) is 12.0 Å². The molecule has 0 radical (unpaired) electrons. The molecule has 20 heavy (non-hydrogen) atoms. The molecule has 1 N–H and O–H groups in total. The van der Waals surface area contributed by atoms with E-state index in [1.807, 2.05) is 6.92 Å². The number of benzene rings is 1. The second kappa shape index (κ2) is 5.70. The number of carbonyl (C=O) groups is 2. The first-order valence-corrected chi connectivity index (χ1v) is 6.48. The fourth-order valence-electron chi connectivity index (χ4n) is 1.58. The van der Waals surface area contributed by atoms with Crippen molar-refractivity contribution in [3.8, 4) is 0 Å². The van der Waals surface area contributed by atoms with Gasteiger partial charge in [-0.1, -0.05) is 0 Å².